The van der Waals surface area contributed by atoms with Crippen molar-refractivity contribution >= 4 is 15.7 Å². The quantitative estimate of drug-likeness (QED) is 0.846. The zero-order valence-corrected chi connectivity index (χ0v) is 14.0. The predicted octanol–water partition coefficient (Wildman–Crippen LogP) is 2.67. The Hall–Kier alpha value is -1.17. The maximum absolute atomic E-state index is 11.8. The Morgan fingerprint density at radius 2 is 1.90 bits per heavy atom. The number of hydrogen-bond acceptors (Lipinski definition) is 5. The van der Waals surface area contributed by atoms with E-state index in [1.54, 1.807) is 6.92 Å². The molecule has 118 valence electrons. The first-order valence-corrected chi connectivity index (χ1v) is 9.71. The van der Waals surface area contributed by atoms with E-state index in [1.165, 1.54) is 18.2 Å². The van der Waals surface area contributed by atoms with E-state index in [9.17, 15) is 8.42 Å². The molecule has 0 aromatic carbocycles. The molecule has 5 nitrogen and oxygen atoms in total. The summed E-state index contributed by atoms with van der Waals surface area (Å²) < 4.78 is 23.6. The Balaban J connectivity index is 2.46. The number of fused-ring (bicyclic) bond motifs is 1. The molecule has 0 saturated heterocycles. The van der Waals surface area contributed by atoms with E-state index >= 15 is 0 Å². The van der Waals surface area contributed by atoms with Crippen LogP contribution in [0.1, 0.15) is 61.9 Å². The minimum atomic E-state index is -3.18. The van der Waals surface area contributed by atoms with Gasteiger partial charge in [0.15, 0.2) is 9.84 Å². The molecule has 1 unspecified atom stereocenters. The number of aryl methyl sites for hydroxylation is 1. The van der Waals surface area contributed by atoms with E-state index in [-0.39, 0.29) is 0 Å². The Labute approximate surface area is 127 Å². The standard InChI is InChI=1S/C15H25N3O2S/c1-4-10-16-15-12-8-6-5-7-9-13(12)17-14(18-15)11(2)21(3,19)20/h11H,4-10H2,1-3H3,(H,16,17,18). The van der Waals surface area contributed by atoms with Crippen LogP contribution in [0.2, 0.25) is 0 Å². The van der Waals surface area contributed by atoms with Crippen molar-refractivity contribution < 1.29 is 8.42 Å². The number of aromatic nitrogens is 2. The van der Waals surface area contributed by atoms with Gasteiger partial charge in [-0.2, -0.15) is 0 Å². The largest absolute Gasteiger partial charge is 0.370 e. The zero-order valence-electron chi connectivity index (χ0n) is 13.1. The van der Waals surface area contributed by atoms with Gasteiger partial charge in [0.25, 0.3) is 0 Å². The van der Waals surface area contributed by atoms with E-state index in [1.807, 2.05) is 0 Å². The number of hydrogen-bond donors (Lipinski definition) is 1. The molecule has 1 N–H and O–H groups in total. The third-order valence-corrected chi connectivity index (χ3v) is 5.49. The Morgan fingerprint density at radius 3 is 2.57 bits per heavy atom. The van der Waals surface area contributed by atoms with Crippen molar-refractivity contribution in [3.8, 4) is 0 Å². The fourth-order valence-electron chi connectivity index (χ4n) is 2.55. The molecule has 0 aliphatic heterocycles. The highest BCUT2D eigenvalue weighted by Crippen LogP contribution is 2.28. The Morgan fingerprint density at radius 1 is 1.19 bits per heavy atom. The van der Waals surface area contributed by atoms with Gasteiger partial charge in [0.2, 0.25) is 0 Å². The fourth-order valence-corrected chi connectivity index (χ4v) is 3.04. The van der Waals surface area contributed by atoms with Gasteiger partial charge < -0.3 is 5.32 Å². The van der Waals surface area contributed by atoms with Gasteiger partial charge in [0.05, 0.1) is 0 Å². The fraction of sp³-hybridized carbons (Fsp3) is 0.733. The van der Waals surface area contributed by atoms with Gasteiger partial charge in [-0.15, -0.1) is 0 Å². The highest BCUT2D eigenvalue weighted by Gasteiger charge is 2.24. The molecule has 0 amide bonds. The van der Waals surface area contributed by atoms with Gasteiger partial charge >= 0.3 is 0 Å². The van der Waals surface area contributed by atoms with E-state index < -0.39 is 15.1 Å². The molecule has 21 heavy (non-hydrogen) atoms. The monoisotopic (exact) mass is 311 g/mol. The van der Waals surface area contributed by atoms with Crippen LogP contribution in [0, 0.1) is 0 Å². The van der Waals surface area contributed by atoms with Gasteiger partial charge in [-0.3, -0.25) is 0 Å². The minimum absolute atomic E-state index is 0.428. The molecule has 1 aromatic heterocycles. The molecular formula is C15H25N3O2S. The lowest BCUT2D eigenvalue weighted by Gasteiger charge is -2.16. The molecule has 0 bridgehead atoms. The Kier molecular flexibility index (Phi) is 5.19. The molecule has 0 saturated carbocycles. The van der Waals surface area contributed by atoms with Crippen molar-refractivity contribution in [3.05, 3.63) is 17.1 Å². The van der Waals surface area contributed by atoms with Gasteiger partial charge in [0, 0.05) is 24.1 Å². The van der Waals surface area contributed by atoms with Crippen LogP contribution in [0.4, 0.5) is 5.82 Å². The molecule has 1 aliphatic carbocycles. The number of nitrogens with zero attached hydrogens (tertiary/aromatic N) is 2. The third-order valence-electron chi connectivity index (χ3n) is 4.00. The van der Waals surface area contributed by atoms with Crippen LogP contribution in [0.5, 0.6) is 0 Å². The van der Waals surface area contributed by atoms with Crippen LogP contribution in [-0.4, -0.2) is 31.2 Å². The average molecular weight is 311 g/mol. The number of anilines is 1. The van der Waals surface area contributed by atoms with E-state index in [2.05, 4.69) is 22.2 Å². The lowest BCUT2D eigenvalue weighted by Crippen LogP contribution is -2.17. The number of sulfone groups is 1. The van der Waals surface area contributed by atoms with E-state index in [4.69, 9.17) is 0 Å². The molecule has 1 atom stereocenters. The maximum atomic E-state index is 11.8. The van der Waals surface area contributed by atoms with Crippen LogP contribution < -0.4 is 5.32 Å². The summed E-state index contributed by atoms with van der Waals surface area (Å²) in [5.41, 5.74) is 2.22. The lowest BCUT2D eigenvalue weighted by molar-refractivity contribution is 0.588. The van der Waals surface area contributed by atoms with Crippen molar-refractivity contribution in [2.45, 2.75) is 57.6 Å². The van der Waals surface area contributed by atoms with Crippen molar-refractivity contribution in [3.63, 3.8) is 0 Å². The van der Waals surface area contributed by atoms with E-state index in [0.717, 1.165) is 50.2 Å². The van der Waals surface area contributed by atoms with Gasteiger partial charge in [-0.1, -0.05) is 13.3 Å². The van der Waals surface area contributed by atoms with Crippen molar-refractivity contribution in [1.29, 1.82) is 0 Å². The highest BCUT2D eigenvalue weighted by molar-refractivity contribution is 7.90. The number of rotatable bonds is 5. The summed E-state index contributed by atoms with van der Waals surface area (Å²) in [6.45, 7) is 4.61. The van der Waals surface area contributed by atoms with Gasteiger partial charge in [0.1, 0.15) is 16.9 Å². The predicted molar refractivity (Wildman–Crippen MR) is 85.3 cm³/mol. The second-order valence-corrected chi connectivity index (χ2v) is 8.18. The van der Waals surface area contributed by atoms with Crippen molar-refractivity contribution in [2.24, 2.45) is 0 Å². The smallest absolute Gasteiger partial charge is 0.157 e. The molecule has 6 heteroatoms. The molecule has 1 aromatic rings. The maximum Gasteiger partial charge on any atom is 0.157 e. The molecule has 2 rings (SSSR count). The molecule has 1 heterocycles. The topological polar surface area (TPSA) is 72.0 Å². The molecule has 0 fully saturated rings. The summed E-state index contributed by atoms with van der Waals surface area (Å²) in [7, 11) is -3.18. The van der Waals surface area contributed by atoms with Crippen LogP contribution in [0.25, 0.3) is 0 Å². The second-order valence-electron chi connectivity index (χ2n) is 5.81. The Bertz CT molecular complexity index is 599. The van der Waals surface area contributed by atoms with Crippen LogP contribution >= 0.6 is 0 Å². The highest BCUT2D eigenvalue weighted by atomic mass is 32.2. The minimum Gasteiger partial charge on any atom is -0.370 e. The summed E-state index contributed by atoms with van der Waals surface area (Å²) >= 11 is 0. The average Bonchev–Trinajstić information content (AvgIpc) is 2.67. The first-order valence-electron chi connectivity index (χ1n) is 7.76. The van der Waals surface area contributed by atoms with Gasteiger partial charge in [-0.05, 0) is 39.0 Å². The van der Waals surface area contributed by atoms with Crippen LogP contribution in [-0.2, 0) is 22.7 Å². The lowest BCUT2D eigenvalue weighted by atomic mass is 10.1. The molecular weight excluding hydrogens is 286 g/mol. The van der Waals surface area contributed by atoms with Crippen LogP contribution in [0.15, 0.2) is 0 Å². The van der Waals surface area contributed by atoms with Gasteiger partial charge in [-0.25, -0.2) is 18.4 Å². The summed E-state index contributed by atoms with van der Waals surface area (Å²) in [6, 6.07) is 0. The normalized spacial score (nSPS) is 16.9. The molecule has 0 spiro atoms. The van der Waals surface area contributed by atoms with Crippen LogP contribution in [0.3, 0.4) is 0 Å². The molecule has 0 radical (unpaired) electrons. The summed E-state index contributed by atoms with van der Waals surface area (Å²) in [4.78, 5) is 9.11. The summed E-state index contributed by atoms with van der Waals surface area (Å²) in [5, 5.41) is 2.69. The first-order chi connectivity index (χ1) is 9.93. The second kappa shape index (κ2) is 6.73. The summed E-state index contributed by atoms with van der Waals surface area (Å²) in [6.07, 6.45) is 7.61. The first kappa shape index (κ1) is 16.2. The third kappa shape index (κ3) is 3.93. The van der Waals surface area contributed by atoms with E-state index in [0.29, 0.717) is 5.82 Å². The SMILES string of the molecule is CCCNc1nc(C(C)S(C)(=O)=O)nc2c1CCCCC2. The molecule has 1 aliphatic rings. The summed E-state index contributed by atoms with van der Waals surface area (Å²) in [5.74, 6) is 1.27. The van der Waals surface area contributed by atoms with Crippen molar-refractivity contribution in [1.82, 2.24) is 9.97 Å². The van der Waals surface area contributed by atoms with Crippen molar-refractivity contribution in [2.75, 3.05) is 18.1 Å². The zero-order chi connectivity index (χ0) is 15.5. The number of nitrogens with one attached hydrogen (secondary N) is 1.